The van der Waals surface area contributed by atoms with Crippen molar-refractivity contribution < 1.29 is 14.3 Å². The summed E-state index contributed by atoms with van der Waals surface area (Å²) >= 11 is 5.77. The summed E-state index contributed by atoms with van der Waals surface area (Å²) in [4.78, 5) is 11.8. The van der Waals surface area contributed by atoms with Crippen LogP contribution in [-0.4, -0.2) is 19.6 Å². The van der Waals surface area contributed by atoms with E-state index in [9.17, 15) is 4.79 Å². The summed E-state index contributed by atoms with van der Waals surface area (Å²) in [6.45, 7) is -0.153. The van der Waals surface area contributed by atoms with E-state index < -0.39 is 0 Å². The first kappa shape index (κ1) is 15.0. The predicted molar refractivity (Wildman–Crippen MR) is 83.0 cm³/mol. The van der Waals surface area contributed by atoms with Gasteiger partial charge in [-0.2, -0.15) is 0 Å². The summed E-state index contributed by atoms with van der Waals surface area (Å²) in [5, 5.41) is 3.30. The van der Waals surface area contributed by atoms with Gasteiger partial charge in [-0.25, -0.2) is 0 Å². The molecule has 0 aromatic heterocycles. The van der Waals surface area contributed by atoms with Gasteiger partial charge in [0.2, 0.25) is 0 Å². The number of nitrogens with one attached hydrogen (secondary N) is 1. The number of nitrogens with two attached hydrogens (primary N) is 1. The van der Waals surface area contributed by atoms with Crippen LogP contribution in [0, 0.1) is 0 Å². The SMILES string of the molecule is COc1ccc(N)c(OCC(=O)Nc2ccc(Cl)cc2)c1. The number of nitrogen functional groups attached to an aromatic ring is 1. The zero-order valence-electron chi connectivity index (χ0n) is 11.4. The quantitative estimate of drug-likeness (QED) is 0.833. The Labute approximate surface area is 127 Å². The fourth-order valence-electron chi connectivity index (χ4n) is 1.64. The highest BCUT2D eigenvalue weighted by molar-refractivity contribution is 6.30. The van der Waals surface area contributed by atoms with E-state index in [1.54, 1.807) is 49.6 Å². The fourth-order valence-corrected chi connectivity index (χ4v) is 1.77. The first-order valence-corrected chi connectivity index (χ1v) is 6.58. The standard InChI is InChI=1S/C15H15ClN2O3/c1-20-12-6-7-13(17)14(8-12)21-9-15(19)18-11-4-2-10(16)3-5-11/h2-8H,9,17H2,1H3,(H,18,19). The van der Waals surface area contributed by atoms with Gasteiger partial charge in [0.1, 0.15) is 11.5 Å². The van der Waals surface area contributed by atoms with Gasteiger partial charge < -0.3 is 20.5 Å². The number of hydrogen-bond donors (Lipinski definition) is 2. The van der Waals surface area contributed by atoms with E-state index >= 15 is 0 Å². The first-order valence-electron chi connectivity index (χ1n) is 6.20. The summed E-state index contributed by atoms with van der Waals surface area (Å²) in [6.07, 6.45) is 0. The molecule has 2 aromatic rings. The Morgan fingerprint density at radius 2 is 1.95 bits per heavy atom. The Morgan fingerprint density at radius 3 is 2.62 bits per heavy atom. The van der Waals surface area contributed by atoms with Crippen LogP contribution in [-0.2, 0) is 4.79 Å². The van der Waals surface area contributed by atoms with Gasteiger partial charge in [0, 0.05) is 16.8 Å². The molecule has 3 N–H and O–H groups in total. The summed E-state index contributed by atoms with van der Waals surface area (Å²) < 4.78 is 10.5. The number of halogens is 1. The number of carbonyl (C=O) groups is 1. The third kappa shape index (κ3) is 4.29. The van der Waals surface area contributed by atoms with Gasteiger partial charge in [-0.3, -0.25) is 4.79 Å². The average molecular weight is 307 g/mol. The molecule has 0 radical (unpaired) electrons. The van der Waals surface area contributed by atoms with Crippen LogP contribution in [0.4, 0.5) is 11.4 Å². The molecule has 21 heavy (non-hydrogen) atoms. The number of benzene rings is 2. The minimum absolute atomic E-state index is 0.153. The summed E-state index contributed by atoms with van der Waals surface area (Å²) in [7, 11) is 1.54. The molecular weight excluding hydrogens is 292 g/mol. The van der Waals surface area contributed by atoms with Crippen LogP contribution < -0.4 is 20.5 Å². The van der Waals surface area contributed by atoms with E-state index in [1.165, 1.54) is 0 Å². The van der Waals surface area contributed by atoms with Crippen molar-refractivity contribution in [3.05, 3.63) is 47.5 Å². The van der Waals surface area contributed by atoms with Gasteiger partial charge in [0.25, 0.3) is 5.91 Å². The second-order valence-corrected chi connectivity index (χ2v) is 4.68. The molecule has 0 saturated carbocycles. The normalized spacial score (nSPS) is 10.0. The molecule has 1 amide bonds. The molecule has 5 nitrogen and oxygen atoms in total. The van der Waals surface area contributed by atoms with Crippen molar-refractivity contribution >= 4 is 28.9 Å². The molecule has 0 saturated heterocycles. The van der Waals surface area contributed by atoms with Crippen LogP contribution in [0.3, 0.4) is 0 Å². The number of rotatable bonds is 5. The molecule has 110 valence electrons. The van der Waals surface area contributed by atoms with Crippen molar-refractivity contribution in [2.24, 2.45) is 0 Å². The lowest BCUT2D eigenvalue weighted by Crippen LogP contribution is -2.20. The number of methoxy groups -OCH3 is 1. The molecular formula is C15H15ClN2O3. The number of ether oxygens (including phenoxy) is 2. The molecule has 0 heterocycles. The molecule has 0 aliphatic rings. The Morgan fingerprint density at radius 1 is 1.24 bits per heavy atom. The second-order valence-electron chi connectivity index (χ2n) is 4.25. The van der Waals surface area contributed by atoms with Gasteiger partial charge in [0.15, 0.2) is 6.61 Å². The van der Waals surface area contributed by atoms with Crippen LogP contribution in [0.2, 0.25) is 5.02 Å². The summed E-state index contributed by atoms with van der Waals surface area (Å²) in [5.74, 6) is 0.720. The Kier molecular flexibility index (Phi) is 4.90. The Balaban J connectivity index is 1.93. The fraction of sp³-hybridized carbons (Fsp3) is 0.133. The van der Waals surface area contributed by atoms with Crippen molar-refractivity contribution in [1.82, 2.24) is 0 Å². The molecule has 0 aliphatic heterocycles. The second kappa shape index (κ2) is 6.85. The van der Waals surface area contributed by atoms with Gasteiger partial charge >= 0.3 is 0 Å². The molecule has 0 aliphatic carbocycles. The molecule has 2 rings (SSSR count). The van der Waals surface area contributed by atoms with Crippen LogP contribution >= 0.6 is 11.6 Å². The lowest BCUT2D eigenvalue weighted by molar-refractivity contribution is -0.118. The van der Waals surface area contributed by atoms with Crippen molar-refractivity contribution in [3.8, 4) is 11.5 Å². The van der Waals surface area contributed by atoms with Crippen LogP contribution in [0.1, 0.15) is 0 Å². The maximum absolute atomic E-state index is 11.8. The number of amides is 1. The molecule has 6 heteroatoms. The van der Waals surface area contributed by atoms with E-state index in [1.807, 2.05) is 0 Å². The zero-order chi connectivity index (χ0) is 15.2. The molecule has 0 spiro atoms. The van der Waals surface area contributed by atoms with Crippen LogP contribution in [0.15, 0.2) is 42.5 Å². The van der Waals surface area contributed by atoms with Crippen LogP contribution in [0.25, 0.3) is 0 Å². The van der Waals surface area contributed by atoms with Crippen molar-refractivity contribution in [3.63, 3.8) is 0 Å². The molecule has 2 aromatic carbocycles. The third-order valence-corrected chi connectivity index (χ3v) is 2.96. The minimum Gasteiger partial charge on any atom is -0.497 e. The van der Waals surface area contributed by atoms with E-state index in [0.29, 0.717) is 27.9 Å². The van der Waals surface area contributed by atoms with Crippen molar-refractivity contribution in [1.29, 1.82) is 0 Å². The largest absolute Gasteiger partial charge is 0.497 e. The highest BCUT2D eigenvalue weighted by Crippen LogP contribution is 2.26. The maximum atomic E-state index is 11.8. The number of anilines is 2. The zero-order valence-corrected chi connectivity index (χ0v) is 12.2. The van der Waals surface area contributed by atoms with Crippen molar-refractivity contribution in [2.75, 3.05) is 24.8 Å². The smallest absolute Gasteiger partial charge is 0.262 e. The number of hydrogen-bond acceptors (Lipinski definition) is 4. The van der Waals surface area contributed by atoms with Gasteiger partial charge in [0.05, 0.1) is 12.8 Å². The highest BCUT2D eigenvalue weighted by Gasteiger charge is 2.07. The van der Waals surface area contributed by atoms with Crippen molar-refractivity contribution in [2.45, 2.75) is 0 Å². The molecule has 0 atom stereocenters. The van der Waals surface area contributed by atoms with E-state index in [4.69, 9.17) is 26.8 Å². The van der Waals surface area contributed by atoms with E-state index in [-0.39, 0.29) is 12.5 Å². The van der Waals surface area contributed by atoms with Gasteiger partial charge in [-0.1, -0.05) is 11.6 Å². The highest BCUT2D eigenvalue weighted by atomic mass is 35.5. The van der Waals surface area contributed by atoms with Crippen LogP contribution in [0.5, 0.6) is 11.5 Å². The van der Waals surface area contributed by atoms with E-state index in [0.717, 1.165) is 0 Å². The third-order valence-electron chi connectivity index (χ3n) is 2.71. The molecule has 0 unspecified atom stereocenters. The lowest BCUT2D eigenvalue weighted by atomic mass is 10.3. The Bertz CT molecular complexity index is 629. The topological polar surface area (TPSA) is 73.6 Å². The molecule has 0 fully saturated rings. The number of carbonyl (C=O) groups excluding carboxylic acids is 1. The van der Waals surface area contributed by atoms with Gasteiger partial charge in [-0.15, -0.1) is 0 Å². The Hall–Kier alpha value is -2.40. The van der Waals surface area contributed by atoms with Gasteiger partial charge in [-0.05, 0) is 36.4 Å². The lowest BCUT2D eigenvalue weighted by Gasteiger charge is -2.10. The maximum Gasteiger partial charge on any atom is 0.262 e. The molecule has 0 bridgehead atoms. The van der Waals surface area contributed by atoms with E-state index in [2.05, 4.69) is 5.32 Å². The predicted octanol–water partition coefficient (Wildman–Crippen LogP) is 2.95. The summed E-state index contributed by atoms with van der Waals surface area (Å²) in [6, 6.07) is 11.8. The first-order chi connectivity index (χ1) is 10.1. The minimum atomic E-state index is -0.292. The monoisotopic (exact) mass is 306 g/mol. The summed E-state index contributed by atoms with van der Waals surface area (Å²) in [5.41, 5.74) is 6.86. The average Bonchev–Trinajstić information content (AvgIpc) is 2.49.